The maximum absolute atomic E-state index is 5.44. The summed E-state index contributed by atoms with van der Waals surface area (Å²) in [5, 5.41) is 7.58. The largest absolute Gasteiger partial charge is 0.356 e. The molecule has 0 spiro atoms. The van der Waals surface area contributed by atoms with E-state index < -0.39 is 0 Å². The fraction of sp³-hybridized carbons (Fsp3) is 0.400. The molecule has 2 aromatic rings. The monoisotopic (exact) mass is 257 g/mol. The molecular formula is C15H19N3O. The highest BCUT2D eigenvalue weighted by Gasteiger charge is 2.19. The first-order chi connectivity index (χ1) is 9.33. The predicted molar refractivity (Wildman–Crippen MR) is 74.7 cm³/mol. The first-order valence-electron chi connectivity index (χ1n) is 6.79. The van der Waals surface area contributed by atoms with Crippen molar-refractivity contribution in [2.45, 2.75) is 19.5 Å². The van der Waals surface area contributed by atoms with E-state index in [2.05, 4.69) is 22.3 Å². The standard InChI is InChI=1S/C15H19N3O/c1-12-10-16-7-8-18(12)11-14-9-15(19-17-14)13-5-3-2-4-6-13/h2-6,9,12,16H,7-8,10-11H2,1H3/t12-/m0/s1. The second-order valence-corrected chi connectivity index (χ2v) is 5.07. The number of benzene rings is 1. The molecule has 0 bridgehead atoms. The van der Waals surface area contributed by atoms with Crippen LogP contribution >= 0.6 is 0 Å². The summed E-state index contributed by atoms with van der Waals surface area (Å²) in [4.78, 5) is 2.43. The normalized spacial score (nSPS) is 20.6. The summed E-state index contributed by atoms with van der Waals surface area (Å²) in [5.74, 6) is 0.846. The van der Waals surface area contributed by atoms with Crippen molar-refractivity contribution in [2.75, 3.05) is 19.6 Å². The Bertz CT molecular complexity index is 523. The molecule has 0 saturated carbocycles. The Morgan fingerprint density at radius 1 is 1.37 bits per heavy atom. The van der Waals surface area contributed by atoms with Crippen molar-refractivity contribution in [3.63, 3.8) is 0 Å². The van der Waals surface area contributed by atoms with Gasteiger partial charge in [-0.3, -0.25) is 4.90 Å². The fourth-order valence-corrected chi connectivity index (χ4v) is 2.45. The van der Waals surface area contributed by atoms with Crippen LogP contribution in [0.25, 0.3) is 11.3 Å². The minimum absolute atomic E-state index is 0.547. The summed E-state index contributed by atoms with van der Waals surface area (Å²) in [5.41, 5.74) is 2.09. The summed E-state index contributed by atoms with van der Waals surface area (Å²) in [6.07, 6.45) is 0. The summed E-state index contributed by atoms with van der Waals surface area (Å²) < 4.78 is 5.44. The van der Waals surface area contributed by atoms with E-state index in [4.69, 9.17) is 4.52 Å². The predicted octanol–water partition coefficient (Wildman–Crippen LogP) is 2.14. The van der Waals surface area contributed by atoms with E-state index in [1.807, 2.05) is 36.4 Å². The van der Waals surface area contributed by atoms with Crippen LogP contribution in [0.5, 0.6) is 0 Å². The molecule has 3 rings (SSSR count). The van der Waals surface area contributed by atoms with Crippen LogP contribution < -0.4 is 5.32 Å². The average molecular weight is 257 g/mol. The number of aromatic nitrogens is 1. The third-order valence-electron chi connectivity index (χ3n) is 3.62. The Labute approximate surface area is 113 Å². The third kappa shape index (κ3) is 2.85. The first-order valence-corrected chi connectivity index (χ1v) is 6.79. The van der Waals surface area contributed by atoms with Crippen molar-refractivity contribution in [1.29, 1.82) is 0 Å². The molecule has 1 aromatic carbocycles. The molecule has 0 amide bonds. The Balaban J connectivity index is 1.71. The van der Waals surface area contributed by atoms with Gasteiger partial charge < -0.3 is 9.84 Å². The van der Waals surface area contributed by atoms with Crippen molar-refractivity contribution in [3.05, 3.63) is 42.1 Å². The highest BCUT2D eigenvalue weighted by atomic mass is 16.5. The molecule has 1 saturated heterocycles. The molecule has 100 valence electrons. The Hall–Kier alpha value is -1.65. The Kier molecular flexibility index (Phi) is 3.62. The molecule has 1 aliphatic rings. The maximum Gasteiger partial charge on any atom is 0.167 e. The minimum Gasteiger partial charge on any atom is -0.356 e. The van der Waals surface area contributed by atoms with Gasteiger partial charge in [0, 0.05) is 43.9 Å². The van der Waals surface area contributed by atoms with Gasteiger partial charge in [-0.1, -0.05) is 35.5 Å². The fourth-order valence-electron chi connectivity index (χ4n) is 2.45. The number of nitrogens with one attached hydrogen (secondary N) is 1. The van der Waals surface area contributed by atoms with E-state index in [9.17, 15) is 0 Å². The second-order valence-electron chi connectivity index (χ2n) is 5.07. The van der Waals surface area contributed by atoms with E-state index in [-0.39, 0.29) is 0 Å². The summed E-state index contributed by atoms with van der Waals surface area (Å²) in [6, 6.07) is 12.7. The topological polar surface area (TPSA) is 41.3 Å². The smallest absolute Gasteiger partial charge is 0.167 e. The van der Waals surface area contributed by atoms with E-state index in [1.165, 1.54) is 0 Å². The molecule has 1 fully saturated rings. The van der Waals surface area contributed by atoms with Gasteiger partial charge in [0.15, 0.2) is 5.76 Å². The third-order valence-corrected chi connectivity index (χ3v) is 3.62. The van der Waals surface area contributed by atoms with Crippen molar-refractivity contribution in [3.8, 4) is 11.3 Å². The Morgan fingerprint density at radius 3 is 3.00 bits per heavy atom. The van der Waals surface area contributed by atoms with Crippen LogP contribution in [0, 0.1) is 0 Å². The van der Waals surface area contributed by atoms with Crippen LogP contribution in [0.1, 0.15) is 12.6 Å². The van der Waals surface area contributed by atoms with Gasteiger partial charge in [-0.2, -0.15) is 0 Å². The lowest BCUT2D eigenvalue weighted by atomic mass is 10.1. The van der Waals surface area contributed by atoms with Gasteiger partial charge in [0.25, 0.3) is 0 Å². The van der Waals surface area contributed by atoms with E-state index >= 15 is 0 Å². The zero-order chi connectivity index (χ0) is 13.1. The molecule has 0 radical (unpaired) electrons. The molecular weight excluding hydrogens is 238 g/mol. The molecule has 1 atom stereocenters. The van der Waals surface area contributed by atoms with Gasteiger partial charge in [-0.25, -0.2) is 0 Å². The lowest BCUT2D eigenvalue weighted by Crippen LogP contribution is -2.49. The van der Waals surface area contributed by atoms with E-state index in [1.54, 1.807) is 0 Å². The quantitative estimate of drug-likeness (QED) is 0.914. The SMILES string of the molecule is C[C@H]1CNCCN1Cc1cc(-c2ccccc2)on1. The van der Waals surface area contributed by atoms with Crippen molar-refractivity contribution in [2.24, 2.45) is 0 Å². The first kappa shape index (κ1) is 12.4. The van der Waals surface area contributed by atoms with Crippen molar-refractivity contribution >= 4 is 0 Å². The van der Waals surface area contributed by atoms with Crippen LogP contribution in [0.4, 0.5) is 0 Å². The highest BCUT2D eigenvalue weighted by molar-refractivity contribution is 5.56. The van der Waals surface area contributed by atoms with Crippen molar-refractivity contribution < 1.29 is 4.52 Å². The van der Waals surface area contributed by atoms with Crippen LogP contribution in [-0.4, -0.2) is 35.7 Å². The zero-order valence-corrected chi connectivity index (χ0v) is 11.2. The second kappa shape index (κ2) is 5.55. The van der Waals surface area contributed by atoms with Gasteiger partial charge in [-0.15, -0.1) is 0 Å². The molecule has 1 N–H and O–H groups in total. The summed E-state index contributed by atoms with van der Waals surface area (Å²) in [7, 11) is 0. The molecule has 1 aliphatic heterocycles. The summed E-state index contributed by atoms with van der Waals surface area (Å²) in [6.45, 7) is 6.26. The van der Waals surface area contributed by atoms with Crippen molar-refractivity contribution in [1.82, 2.24) is 15.4 Å². The number of hydrogen-bond donors (Lipinski definition) is 1. The minimum atomic E-state index is 0.547. The number of hydrogen-bond acceptors (Lipinski definition) is 4. The zero-order valence-electron chi connectivity index (χ0n) is 11.2. The molecule has 19 heavy (non-hydrogen) atoms. The van der Waals surface area contributed by atoms with Crippen LogP contribution in [-0.2, 0) is 6.54 Å². The maximum atomic E-state index is 5.44. The van der Waals surface area contributed by atoms with Crippen LogP contribution in [0.15, 0.2) is 40.9 Å². The molecule has 4 heteroatoms. The molecule has 0 aliphatic carbocycles. The highest BCUT2D eigenvalue weighted by Crippen LogP contribution is 2.20. The lowest BCUT2D eigenvalue weighted by Gasteiger charge is -2.33. The van der Waals surface area contributed by atoms with E-state index in [0.29, 0.717) is 6.04 Å². The lowest BCUT2D eigenvalue weighted by molar-refractivity contribution is 0.161. The van der Waals surface area contributed by atoms with Crippen LogP contribution in [0.2, 0.25) is 0 Å². The molecule has 0 unspecified atom stereocenters. The molecule has 1 aromatic heterocycles. The number of rotatable bonds is 3. The molecule has 4 nitrogen and oxygen atoms in total. The number of nitrogens with zero attached hydrogens (tertiary/aromatic N) is 2. The van der Waals surface area contributed by atoms with Gasteiger partial charge in [0.1, 0.15) is 0 Å². The summed E-state index contributed by atoms with van der Waals surface area (Å²) >= 11 is 0. The van der Waals surface area contributed by atoms with Crippen LogP contribution in [0.3, 0.4) is 0 Å². The van der Waals surface area contributed by atoms with E-state index in [0.717, 1.165) is 43.2 Å². The molecule has 2 heterocycles. The number of piperazine rings is 1. The van der Waals surface area contributed by atoms with Gasteiger partial charge in [-0.05, 0) is 6.92 Å². The van der Waals surface area contributed by atoms with Gasteiger partial charge in [0.2, 0.25) is 0 Å². The average Bonchev–Trinajstić information content (AvgIpc) is 2.91. The van der Waals surface area contributed by atoms with Gasteiger partial charge >= 0.3 is 0 Å². The Morgan fingerprint density at radius 2 is 2.21 bits per heavy atom. The van der Waals surface area contributed by atoms with Gasteiger partial charge in [0.05, 0.1) is 5.69 Å².